The van der Waals surface area contributed by atoms with Crippen LogP contribution in [0.5, 0.6) is 5.75 Å². The topological polar surface area (TPSA) is 54.5 Å². The minimum atomic E-state index is -0.200. The lowest BCUT2D eigenvalue weighted by Crippen LogP contribution is -2.38. The molecule has 5 nitrogen and oxygen atoms in total. The van der Waals surface area contributed by atoms with E-state index < -0.39 is 0 Å². The highest BCUT2D eigenvalue weighted by Crippen LogP contribution is 2.24. The summed E-state index contributed by atoms with van der Waals surface area (Å²) in [5.74, 6) is 1.92. The van der Waals surface area contributed by atoms with Crippen molar-refractivity contribution in [1.29, 1.82) is 0 Å². The molecule has 26 heavy (non-hydrogen) atoms. The van der Waals surface area contributed by atoms with E-state index in [1.807, 2.05) is 29.6 Å². The largest absolute Gasteiger partial charge is 0.484 e. The molecule has 1 N–H and O–H groups in total. The quantitative estimate of drug-likeness (QED) is 0.727. The predicted octanol–water partition coefficient (Wildman–Crippen LogP) is 4.40. The molecule has 7 heteroatoms. The molecule has 1 fully saturated rings. The van der Waals surface area contributed by atoms with E-state index in [4.69, 9.17) is 4.74 Å². The first-order valence-corrected chi connectivity index (χ1v) is 10.5. The summed E-state index contributed by atoms with van der Waals surface area (Å²) >= 11 is 4.83. The van der Waals surface area contributed by atoms with Crippen LogP contribution in [0.4, 0.5) is 5.13 Å². The van der Waals surface area contributed by atoms with Crippen molar-refractivity contribution < 1.29 is 9.53 Å². The van der Waals surface area contributed by atoms with Crippen LogP contribution in [0.2, 0.25) is 0 Å². The average molecular weight is 438 g/mol. The summed E-state index contributed by atoms with van der Waals surface area (Å²) in [6.45, 7) is 7.66. The van der Waals surface area contributed by atoms with Crippen LogP contribution in [-0.4, -0.2) is 35.5 Å². The second-order valence-corrected chi connectivity index (χ2v) is 8.85. The minimum Gasteiger partial charge on any atom is -0.484 e. The van der Waals surface area contributed by atoms with Gasteiger partial charge in [-0.3, -0.25) is 15.0 Å². The first-order chi connectivity index (χ1) is 12.5. The average Bonchev–Trinajstić information content (AvgIpc) is 3.00. The highest BCUT2D eigenvalue weighted by Gasteiger charge is 2.22. The summed E-state index contributed by atoms with van der Waals surface area (Å²) in [4.78, 5) is 19.0. The molecule has 1 amide bonds. The first-order valence-electron chi connectivity index (χ1n) is 8.83. The fraction of sp³-hybridized carbons (Fsp3) is 0.474. The van der Waals surface area contributed by atoms with Gasteiger partial charge in [0.15, 0.2) is 11.7 Å². The molecule has 3 rings (SSSR count). The van der Waals surface area contributed by atoms with Crippen LogP contribution in [-0.2, 0) is 11.3 Å². The van der Waals surface area contributed by atoms with Crippen molar-refractivity contribution in [2.45, 2.75) is 26.8 Å². The van der Waals surface area contributed by atoms with Gasteiger partial charge in [-0.25, -0.2) is 4.98 Å². The number of halogens is 1. The Kier molecular flexibility index (Phi) is 6.67. The minimum absolute atomic E-state index is 0.0301. The van der Waals surface area contributed by atoms with E-state index in [1.54, 1.807) is 0 Å². The van der Waals surface area contributed by atoms with Gasteiger partial charge in [-0.2, -0.15) is 0 Å². The smallest absolute Gasteiger partial charge is 0.264 e. The van der Waals surface area contributed by atoms with Crippen molar-refractivity contribution in [3.63, 3.8) is 0 Å². The van der Waals surface area contributed by atoms with E-state index in [-0.39, 0.29) is 12.5 Å². The fourth-order valence-electron chi connectivity index (χ4n) is 3.42. The molecule has 2 atom stereocenters. The number of ether oxygens (including phenoxy) is 1. The van der Waals surface area contributed by atoms with Crippen molar-refractivity contribution in [1.82, 2.24) is 9.88 Å². The van der Waals surface area contributed by atoms with E-state index in [0.717, 1.165) is 41.6 Å². The van der Waals surface area contributed by atoms with Crippen LogP contribution < -0.4 is 10.1 Å². The van der Waals surface area contributed by atoms with Crippen LogP contribution in [0.3, 0.4) is 0 Å². The molecule has 2 aromatic rings. The van der Waals surface area contributed by atoms with Gasteiger partial charge >= 0.3 is 0 Å². The monoisotopic (exact) mass is 437 g/mol. The highest BCUT2D eigenvalue weighted by atomic mass is 79.9. The number of hydrogen-bond donors (Lipinski definition) is 1. The zero-order chi connectivity index (χ0) is 18.5. The number of hydrogen-bond acceptors (Lipinski definition) is 5. The second-order valence-electron chi connectivity index (χ2n) is 7.07. The Bertz CT molecular complexity index is 725. The summed E-state index contributed by atoms with van der Waals surface area (Å²) < 4.78 is 6.46. The zero-order valence-corrected chi connectivity index (χ0v) is 17.5. The molecule has 140 valence electrons. The van der Waals surface area contributed by atoms with Gasteiger partial charge in [-0.1, -0.05) is 29.8 Å². The molecular formula is C19H24BrN3O2S. The summed E-state index contributed by atoms with van der Waals surface area (Å²) in [5.41, 5.74) is 1.01. The Morgan fingerprint density at radius 3 is 2.69 bits per heavy atom. The van der Waals surface area contributed by atoms with Gasteiger partial charge in [0.05, 0.1) is 5.69 Å². The van der Waals surface area contributed by atoms with E-state index in [2.05, 4.69) is 45.0 Å². The number of anilines is 1. The Morgan fingerprint density at radius 2 is 2.00 bits per heavy atom. The SMILES string of the molecule is C[C@H]1C[C@H](C)CN(Cc2csc(NC(=O)COc3ccc(Br)cc3)n2)C1. The standard InChI is InChI=1S/C19H24BrN3O2S/c1-13-7-14(2)9-23(8-13)10-16-12-26-19(21-16)22-18(24)11-25-17-5-3-15(20)4-6-17/h3-6,12-14H,7-11H2,1-2H3,(H,21,22,24)/t13-,14-/m0/s1. The number of benzene rings is 1. The maximum atomic E-state index is 12.0. The third-order valence-corrected chi connectivity index (χ3v) is 5.65. The number of likely N-dealkylation sites (tertiary alicyclic amines) is 1. The summed E-state index contributed by atoms with van der Waals surface area (Å²) in [6, 6.07) is 7.39. The summed E-state index contributed by atoms with van der Waals surface area (Å²) in [5, 5.41) is 5.46. The molecule has 0 saturated carbocycles. The van der Waals surface area contributed by atoms with Crippen molar-refractivity contribution in [2.75, 3.05) is 25.0 Å². The van der Waals surface area contributed by atoms with E-state index >= 15 is 0 Å². The maximum absolute atomic E-state index is 12.0. The number of amides is 1. The second kappa shape index (κ2) is 8.97. The molecule has 0 bridgehead atoms. The number of aromatic nitrogens is 1. The number of piperidine rings is 1. The van der Waals surface area contributed by atoms with Gasteiger partial charge in [0, 0.05) is 29.5 Å². The zero-order valence-electron chi connectivity index (χ0n) is 15.1. The van der Waals surface area contributed by atoms with Gasteiger partial charge in [-0.15, -0.1) is 11.3 Å². The normalized spacial score (nSPS) is 20.7. The third kappa shape index (κ3) is 5.79. The van der Waals surface area contributed by atoms with Gasteiger partial charge < -0.3 is 4.74 Å². The number of nitrogens with zero attached hydrogens (tertiary/aromatic N) is 2. The molecule has 1 aromatic carbocycles. The van der Waals surface area contributed by atoms with Crippen LogP contribution in [0.25, 0.3) is 0 Å². The number of nitrogens with one attached hydrogen (secondary N) is 1. The van der Waals surface area contributed by atoms with E-state index in [0.29, 0.717) is 10.9 Å². The molecule has 0 radical (unpaired) electrons. The Balaban J connectivity index is 1.46. The van der Waals surface area contributed by atoms with Crippen molar-refractivity contribution >= 4 is 38.3 Å². The van der Waals surface area contributed by atoms with Crippen LogP contribution in [0.1, 0.15) is 26.0 Å². The Hall–Kier alpha value is -1.44. The van der Waals surface area contributed by atoms with Crippen molar-refractivity contribution in [3.8, 4) is 5.75 Å². The fourth-order valence-corrected chi connectivity index (χ4v) is 4.40. The molecule has 0 aliphatic carbocycles. The van der Waals surface area contributed by atoms with Crippen LogP contribution >= 0.6 is 27.3 Å². The first kappa shape index (κ1) is 19.3. The third-order valence-electron chi connectivity index (χ3n) is 4.31. The van der Waals surface area contributed by atoms with Gasteiger partial charge in [0.1, 0.15) is 5.75 Å². The lowest BCUT2D eigenvalue weighted by atomic mass is 9.92. The van der Waals surface area contributed by atoms with Gasteiger partial charge in [-0.05, 0) is 42.5 Å². The van der Waals surface area contributed by atoms with Gasteiger partial charge in [0.25, 0.3) is 5.91 Å². The molecule has 0 spiro atoms. The number of thiazole rings is 1. The molecule has 1 saturated heterocycles. The molecule has 0 unspecified atom stereocenters. The summed E-state index contributed by atoms with van der Waals surface area (Å²) in [7, 11) is 0. The molecular weight excluding hydrogens is 414 g/mol. The molecule has 2 heterocycles. The molecule has 1 aliphatic rings. The van der Waals surface area contributed by atoms with Gasteiger partial charge in [0.2, 0.25) is 0 Å². The van der Waals surface area contributed by atoms with Crippen LogP contribution in [0.15, 0.2) is 34.1 Å². The maximum Gasteiger partial charge on any atom is 0.264 e. The van der Waals surface area contributed by atoms with Crippen molar-refractivity contribution in [3.05, 3.63) is 39.8 Å². The number of carbonyl (C=O) groups is 1. The Labute approximate surface area is 166 Å². The Morgan fingerprint density at radius 1 is 1.31 bits per heavy atom. The van der Waals surface area contributed by atoms with Crippen LogP contribution in [0, 0.1) is 11.8 Å². The summed E-state index contributed by atoms with van der Waals surface area (Å²) in [6.07, 6.45) is 1.30. The molecule has 1 aromatic heterocycles. The van der Waals surface area contributed by atoms with Crippen molar-refractivity contribution in [2.24, 2.45) is 11.8 Å². The lowest BCUT2D eigenvalue weighted by molar-refractivity contribution is -0.118. The number of rotatable bonds is 6. The molecule has 1 aliphatic heterocycles. The number of carbonyl (C=O) groups excluding carboxylic acids is 1. The highest BCUT2D eigenvalue weighted by molar-refractivity contribution is 9.10. The predicted molar refractivity (Wildman–Crippen MR) is 109 cm³/mol. The van der Waals surface area contributed by atoms with E-state index in [9.17, 15) is 4.79 Å². The van der Waals surface area contributed by atoms with E-state index in [1.165, 1.54) is 17.8 Å². The lowest BCUT2D eigenvalue weighted by Gasteiger charge is -2.34.